The lowest BCUT2D eigenvalue weighted by atomic mass is 10.3. The standard InChI is InChI=1S/C18H17ClN4O2/c1-12-6-7-22(18(25)8-12)11-17(24)20-16-9-13(2)23(21-16)15-5-3-4-14(19)10-15/h3-10H,11H2,1-2H3,(H,20,21,24). The highest BCUT2D eigenvalue weighted by Crippen LogP contribution is 2.18. The largest absolute Gasteiger partial charge is 0.308 e. The molecule has 0 aliphatic carbocycles. The molecule has 1 aromatic carbocycles. The molecule has 0 fully saturated rings. The number of hydrogen-bond acceptors (Lipinski definition) is 3. The van der Waals surface area contributed by atoms with E-state index in [0.29, 0.717) is 10.8 Å². The van der Waals surface area contributed by atoms with Gasteiger partial charge in [0.25, 0.3) is 5.56 Å². The van der Waals surface area contributed by atoms with Gasteiger partial charge >= 0.3 is 0 Å². The van der Waals surface area contributed by atoms with Crippen molar-refractivity contribution in [3.05, 3.63) is 75.3 Å². The molecule has 0 spiro atoms. The Labute approximate surface area is 149 Å². The van der Waals surface area contributed by atoms with E-state index < -0.39 is 0 Å². The lowest BCUT2D eigenvalue weighted by Crippen LogP contribution is -2.27. The van der Waals surface area contributed by atoms with Crippen molar-refractivity contribution in [1.82, 2.24) is 14.3 Å². The lowest BCUT2D eigenvalue weighted by molar-refractivity contribution is -0.116. The molecule has 0 saturated heterocycles. The van der Waals surface area contributed by atoms with E-state index >= 15 is 0 Å². The average molecular weight is 357 g/mol. The molecular weight excluding hydrogens is 340 g/mol. The van der Waals surface area contributed by atoms with Crippen LogP contribution in [0.15, 0.2) is 53.5 Å². The summed E-state index contributed by atoms with van der Waals surface area (Å²) >= 11 is 6.01. The smallest absolute Gasteiger partial charge is 0.251 e. The second kappa shape index (κ2) is 6.94. The van der Waals surface area contributed by atoms with E-state index in [1.165, 1.54) is 10.6 Å². The molecular formula is C18H17ClN4O2. The van der Waals surface area contributed by atoms with Gasteiger partial charge in [0, 0.05) is 29.0 Å². The highest BCUT2D eigenvalue weighted by Gasteiger charge is 2.10. The molecule has 1 amide bonds. The summed E-state index contributed by atoms with van der Waals surface area (Å²) in [6, 6.07) is 12.3. The number of pyridine rings is 1. The first-order valence-corrected chi connectivity index (χ1v) is 8.10. The molecule has 0 radical (unpaired) electrons. The van der Waals surface area contributed by atoms with Crippen LogP contribution in [0.3, 0.4) is 0 Å². The molecule has 25 heavy (non-hydrogen) atoms. The van der Waals surface area contributed by atoms with Crippen molar-refractivity contribution in [2.45, 2.75) is 20.4 Å². The van der Waals surface area contributed by atoms with E-state index in [9.17, 15) is 9.59 Å². The molecule has 128 valence electrons. The molecule has 0 unspecified atom stereocenters. The third kappa shape index (κ3) is 3.97. The molecule has 0 aliphatic heterocycles. The van der Waals surface area contributed by atoms with Gasteiger partial charge < -0.3 is 9.88 Å². The number of rotatable bonds is 4. The SMILES string of the molecule is Cc1ccn(CC(=O)Nc2cc(C)n(-c3cccc(Cl)c3)n2)c(=O)c1. The van der Waals surface area contributed by atoms with Gasteiger partial charge in [0.1, 0.15) is 6.54 Å². The van der Waals surface area contributed by atoms with Crippen molar-refractivity contribution in [2.24, 2.45) is 0 Å². The number of hydrogen-bond donors (Lipinski definition) is 1. The summed E-state index contributed by atoms with van der Waals surface area (Å²) in [6.07, 6.45) is 1.60. The minimum Gasteiger partial charge on any atom is -0.308 e. The van der Waals surface area contributed by atoms with E-state index in [-0.39, 0.29) is 18.0 Å². The third-order valence-corrected chi connectivity index (χ3v) is 3.91. The predicted octanol–water partition coefficient (Wildman–Crippen LogP) is 2.94. The Morgan fingerprint density at radius 3 is 2.72 bits per heavy atom. The third-order valence-electron chi connectivity index (χ3n) is 3.67. The number of benzene rings is 1. The topological polar surface area (TPSA) is 68.9 Å². The van der Waals surface area contributed by atoms with Crippen LogP contribution in [0.4, 0.5) is 5.82 Å². The van der Waals surface area contributed by atoms with E-state index in [2.05, 4.69) is 10.4 Å². The summed E-state index contributed by atoms with van der Waals surface area (Å²) in [4.78, 5) is 24.0. The van der Waals surface area contributed by atoms with Crippen LogP contribution in [-0.2, 0) is 11.3 Å². The molecule has 2 aromatic heterocycles. The maximum absolute atomic E-state index is 12.2. The molecule has 3 aromatic rings. The molecule has 0 aliphatic rings. The van der Waals surface area contributed by atoms with Gasteiger partial charge in [-0.1, -0.05) is 17.7 Å². The second-order valence-corrected chi connectivity index (χ2v) is 6.22. The zero-order chi connectivity index (χ0) is 18.0. The van der Waals surface area contributed by atoms with Crippen molar-refractivity contribution < 1.29 is 4.79 Å². The predicted molar refractivity (Wildman–Crippen MR) is 97.4 cm³/mol. The highest BCUT2D eigenvalue weighted by atomic mass is 35.5. The fourth-order valence-electron chi connectivity index (χ4n) is 2.48. The Morgan fingerprint density at radius 1 is 1.20 bits per heavy atom. The van der Waals surface area contributed by atoms with Gasteiger partial charge in [-0.05, 0) is 43.7 Å². The van der Waals surface area contributed by atoms with Crippen LogP contribution in [0.25, 0.3) is 5.69 Å². The summed E-state index contributed by atoms with van der Waals surface area (Å²) in [5.74, 6) is 0.101. The van der Waals surface area contributed by atoms with Gasteiger partial charge in [0.2, 0.25) is 5.91 Å². The molecule has 0 saturated carbocycles. The van der Waals surface area contributed by atoms with Crippen LogP contribution < -0.4 is 10.9 Å². The van der Waals surface area contributed by atoms with Gasteiger partial charge in [-0.25, -0.2) is 4.68 Å². The summed E-state index contributed by atoms with van der Waals surface area (Å²) in [6.45, 7) is 3.65. The number of halogens is 1. The fraction of sp³-hybridized carbons (Fsp3) is 0.167. The number of amides is 1. The van der Waals surface area contributed by atoms with Crippen molar-refractivity contribution in [1.29, 1.82) is 0 Å². The fourth-order valence-corrected chi connectivity index (χ4v) is 2.66. The molecule has 0 atom stereocenters. The second-order valence-electron chi connectivity index (χ2n) is 5.78. The van der Waals surface area contributed by atoms with Gasteiger partial charge in [0.15, 0.2) is 5.82 Å². The number of nitrogens with zero attached hydrogens (tertiary/aromatic N) is 3. The van der Waals surface area contributed by atoms with Crippen molar-refractivity contribution in [3.8, 4) is 5.69 Å². The number of aromatic nitrogens is 3. The van der Waals surface area contributed by atoms with E-state index in [1.807, 2.05) is 26.0 Å². The van der Waals surface area contributed by atoms with Crippen molar-refractivity contribution >= 4 is 23.3 Å². The van der Waals surface area contributed by atoms with Crippen LogP contribution in [0.1, 0.15) is 11.3 Å². The molecule has 7 heteroatoms. The minimum absolute atomic E-state index is 0.0673. The number of anilines is 1. The Kier molecular flexibility index (Phi) is 4.72. The van der Waals surface area contributed by atoms with Crippen LogP contribution >= 0.6 is 11.6 Å². The summed E-state index contributed by atoms with van der Waals surface area (Å²) in [5.41, 5.74) is 2.30. The normalized spacial score (nSPS) is 10.7. The number of nitrogens with one attached hydrogen (secondary N) is 1. The average Bonchev–Trinajstić information content (AvgIpc) is 2.90. The molecule has 0 bridgehead atoms. The Balaban J connectivity index is 1.76. The first-order chi connectivity index (χ1) is 11.9. The molecule has 3 rings (SSSR count). The zero-order valence-corrected chi connectivity index (χ0v) is 14.6. The van der Waals surface area contributed by atoms with Gasteiger partial charge in [-0.2, -0.15) is 0 Å². The zero-order valence-electron chi connectivity index (χ0n) is 13.9. The first-order valence-electron chi connectivity index (χ1n) is 7.72. The lowest BCUT2D eigenvalue weighted by Gasteiger charge is -2.06. The molecule has 1 N–H and O–H groups in total. The quantitative estimate of drug-likeness (QED) is 0.781. The Bertz CT molecular complexity index is 991. The number of aryl methyl sites for hydroxylation is 2. The summed E-state index contributed by atoms with van der Waals surface area (Å²) < 4.78 is 3.04. The summed E-state index contributed by atoms with van der Waals surface area (Å²) in [7, 11) is 0. The number of carbonyl (C=O) groups is 1. The van der Waals surface area contributed by atoms with Crippen LogP contribution in [0.5, 0.6) is 0 Å². The van der Waals surface area contributed by atoms with Crippen molar-refractivity contribution in [2.75, 3.05) is 5.32 Å². The Hall–Kier alpha value is -2.86. The van der Waals surface area contributed by atoms with Crippen LogP contribution in [0.2, 0.25) is 5.02 Å². The molecule has 2 heterocycles. The van der Waals surface area contributed by atoms with Crippen molar-refractivity contribution in [3.63, 3.8) is 0 Å². The highest BCUT2D eigenvalue weighted by molar-refractivity contribution is 6.30. The Morgan fingerprint density at radius 2 is 2.00 bits per heavy atom. The summed E-state index contributed by atoms with van der Waals surface area (Å²) in [5, 5.41) is 7.70. The van der Waals surface area contributed by atoms with Crippen LogP contribution in [-0.4, -0.2) is 20.3 Å². The maximum atomic E-state index is 12.2. The molecule has 6 nitrogen and oxygen atoms in total. The van der Waals surface area contributed by atoms with Gasteiger partial charge in [0.05, 0.1) is 5.69 Å². The monoisotopic (exact) mass is 356 g/mol. The van der Waals surface area contributed by atoms with Gasteiger partial charge in [-0.15, -0.1) is 5.10 Å². The maximum Gasteiger partial charge on any atom is 0.251 e. The van der Waals surface area contributed by atoms with E-state index in [0.717, 1.165) is 16.9 Å². The number of carbonyl (C=O) groups excluding carboxylic acids is 1. The van der Waals surface area contributed by atoms with E-state index in [4.69, 9.17) is 11.6 Å². The van der Waals surface area contributed by atoms with Gasteiger partial charge in [-0.3, -0.25) is 9.59 Å². The first kappa shape index (κ1) is 17.0. The van der Waals surface area contributed by atoms with E-state index in [1.54, 1.807) is 35.1 Å². The van der Waals surface area contributed by atoms with Crippen LogP contribution in [0, 0.1) is 13.8 Å². The minimum atomic E-state index is -0.318.